The van der Waals surface area contributed by atoms with Crippen molar-refractivity contribution in [2.24, 2.45) is 5.92 Å². The molecule has 0 radical (unpaired) electrons. The Kier molecular flexibility index (Phi) is 11.1. The van der Waals surface area contributed by atoms with Crippen LogP contribution < -0.4 is 20.5 Å². The molecule has 2 aliphatic heterocycles. The molecule has 1 aromatic carbocycles. The van der Waals surface area contributed by atoms with Gasteiger partial charge in [-0.1, -0.05) is 11.6 Å². The molecule has 0 unspecified atom stereocenters. The van der Waals surface area contributed by atoms with Crippen LogP contribution >= 0.6 is 11.6 Å². The number of ether oxygens (including phenoxy) is 2. The Bertz CT molecular complexity index is 1490. The van der Waals surface area contributed by atoms with Gasteiger partial charge in [-0.15, -0.1) is 0 Å². The number of carbonyl (C=O) groups excluding carboxylic acids is 1. The van der Waals surface area contributed by atoms with Gasteiger partial charge in [-0.05, 0) is 76.6 Å². The van der Waals surface area contributed by atoms with E-state index >= 15 is 0 Å². The van der Waals surface area contributed by atoms with Crippen molar-refractivity contribution in [3.05, 3.63) is 51.4 Å². The number of hydrogen-bond donors (Lipinski definition) is 2. The van der Waals surface area contributed by atoms with E-state index in [-0.39, 0.29) is 37.2 Å². The molecule has 0 spiro atoms. The van der Waals surface area contributed by atoms with E-state index in [1.54, 1.807) is 39.1 Å². The number of piperidine rings is 1. The number of nitrogens with zero attached hydrogens (tertiary/aromatic N) is 5. The average Bonchev–Trinajstić information content (AvgIpc) is 3.00. The van der Waals surface area contributed by atoms with E-state index in [0.717, 1.165) is 19.4 Å². The van der Waals surface area contributed by atoms with Crippen molar-refractivity contribution in [3.8, 4) is 6.07 Å². The summed E-state index contributed by atoms with van der Waals surface area (Å²) in [7, 11) is -4.04. The van der Waals surface area contributed by atoms with Crippen molar-refractivity contribution in [3.63, 3.8) is 0 Å². The van der Waals surface area contributed by atoms with Crippen molar-refractivity contribution >= 4 is 39.3 Å². The summed E-state index contributed by atoms with van der Waals surface area (Å²) in [5, 5.41) is 19.4. The van der Waals surface area contributed by atoms with Gasteiger partial charge in [0.25, 0.3) is 5.56 Å². The molecular formula is C29H40ClN7O6S. The molecule has 2 saturated heterocycles. The zero-order valence-electron chi connectivity index (χ0n) is 25.3. The number of nitrogens with one attached hydrogen (secondary N) is 2. The number of anilines is 2. The monoisotopic (exact) mass is 649 g/mol. The minimum Gasteiger partial charge on any atom is -0.444 e. The Morgan fingerprint density at radius 1 is 1.23 bits per heavy atom. The fourth-order valence-electron chi connectivity index (χ4n) is 5.16. The molecule has 2 aliphatic rings. The van der Waals surface area contributed by atoms with Crippen LogP contribution in [0.2, 0.25) is 5.02 Å². The summed E-state index contributed by atoms with van der Waals surface area (Å²) in [4.78, 5) is 25.3. The number of hydrogen-bond acceptors (Lipinski definition) is 9. The fourth-order valence-corrected chi connectivity index (χ4v) is 7.02. The molecule has 2 N–H and O–H groups in total. The number of alkyl carbamates (subject to hydrolysis) is 1. The second kappa shape index (κ2) is 14.6. The topological polar surface area (TPSA) is 159 Å². The lowest BCUT2D eigenvalue weighted by molar-refractivity contribution is 0.0529. The van der Waals surface area contributed by atoms with Gasteiger partial charge in [-0.2, -0.15) is 23.1 Å². The molecule has 0 saturated carbocycles. The number of amides is 1. The van der Waals surface area contributed by atoms with Gasteiger partial charge in [0.15, 0.2) is 0 Å². The highest BCUT2D eigenvalue weighted by atomic mass is 35.5. The van der Waals surface area contributed by atoms with E-state index in [0.29, 0.717) is 48.8 Å². The molecule has 44 heavy (non-hydrogen) atoms. The van der Waals surface area contributed by atoms with E-state index < -0.39 is 27.5 Å². The van der Waals surface area contributed by atoms with Gasteiger partial charge in [-0.3, -0.25) is 9.10 Å². The Balaban J connectivity index is 1.42. The predicted octanol–water partition coefficient (Wildman–Crippen LogP) is 3.52. The molecular weight excluding hydrogens is 610 g/mol. The first-order chi connectivity index (χ1) is 20.9. The fraction of sp³-hybridized carbons (Fsp3) is 0.586. The molecule has 0 bridgehead atoms. The quantitative estimate of drug-likeness (QED) is 0.393. The lowest BCUT2D eigenvalue weighted by atomic mass is 10.0. The van der Waals surface area contributed by atoms with Crippen LogP contribution in [0.25, 0.3) is 0 Å². The number of aromatic nitrogens is 2. The maximum atomic E-state index is 13.9. The Labute approximate surface area is 263 Å². The summed E-state index contributed by atoms with van der Waals surface area (Å²) in [6.07, 6.45) is 3.64. The van der Waals surface area contributed by atoms with Crippen LogP contribution in [0.4, 0.5) is 16.2 Å². The van der Waals surface area contributed by atoms with Gasteiger partial charge in [0.2, 0.25) is 0 Å². The summed E-state index contributed by atoms with van der Waals surface area (Å²) in [6, 6.07) is 7.88. The number of rotatable bonds is 10. The minimum absolute atomic E-state index is 0.00340. The molecule has 240 valence electrons. The number of nitriles is 1. The van der Waals surface area contributed by atoms with Crippen LogP contribution in [0.15, 0.2) is 35.3 Å². The van der Waals surface area contributed by atoms with E-state index in [1.165, 1.54) is 25.4 Å². The maximum Gasteiger partial charge on any atom is 0.407 e. The second-order valence-corrected chi connectivity index (χ2v) is 14.1. The number of halogens is 1. The summed E-state index contributed by atoms with van der Waals surface area (Å²) in [5.74, 6) is 0.338. The molecule has 1 aromatic heterocycles. The molecule has 1 atom stereocenters. The highest BCUT2D eigenvalue weighted by Crippen LogP contribution is 2.28. The van der Waals surface area contributed by atoms with Crippen LogP contribution in [0.5, 0.6) is 0 Å². The van der Waals surface area contributed by atoms with Crippen molar-refractivity contribution in [2.45, 2.75) is 58.1 Å². The van der Waals surface area contributed by atoms with Gasteiger partial charge >= 0.3 is 16.3 Å². The van der Waals surface area contributed by atoms with Crippen molar-refractivity contribution in [1.29, 1.82) is 5.26 Å². The van der Waals surface area contributed by atoms with Crippen molar-refractivity contribution in [1.82, 2.24) is 19.4 Å². The van der Waals surface area contributed by atoms with Crippen molar-refractivity contribution < 1.29 is 22.7 Å². The SMILES string of the molecule is CC(C)(C)OC(=O)NCCN(c1ccc(C#N)cc1)S(=O)(=O)N1CCC(n2ncc(NC[C@@H]3CCCOC3)c(Cl)c2=O)CC1. The highest BCUT2D eigenvalue weighted by Gasteiger charge is 2.34. The minimum atomic E-state index is -4.04. The summed E-state index contributed by atoms with van der Waals surface area (Å²) in [5.41, 5.74) is 0.0846. The van der Waals surface area contributed by atoms with E-state index in [1.807, 2.05) is 6.07 Å². The van der Waals surface area contributed by atoms with Gasteiger partial charge in [0.05, 0.1) is 48.4 Å². The smallest absolute Gasteiger partial charge is 0.407 e. The highest BCUT2D eigenvalue weighted by molar-refractivity contribution is 7.90. The van der Waals surface area contributed by atoms with Crippen LogP contribution in [0, 0.1) is 17.2 Å². The molecule has 13 nitrogen and oxygen atoms in total. The van der Waals surface area contributed by atoms with Crippen LogP contribution in [0.3, 0.4) is 0 Å². The van der Waals surface area contributed by atoms with Crippen LogP contribution in [0.1, 0.15) is 58.1 Å². The lowest BCUT2D eigenvalue weighted by Gasteiger charge is -2.36. The van der Waals surface area contributed by atoms with E-state index in [4.69, 9.17) is 21.1 Å². The normalized spacial score (nSPS) is 18.3. The van der Waals surface area contributed by atoms with Gasteiger partial charge in [0.1, 0.15) is 10.6 Å². The Hall–Kier alpha value is -3.38. The molecule has 2 aromatic rings. The zero-order valence-corrected chi connectivity index (χ0v) is 26.9. The van der Waals surface area contributed by atoms with E-state index in [2.05, 4.69) is 15.7 Å². The molecule has 0 aliphatic carbocycles. The lowest BCUT2D eigenvalue weighted by Crippen LogP contribution is -2.50. The third-order valence-electron chi connectivity index (χ3n) is 7.42. The summed E-state index contributed by atoms with van der Waals surface area (Å²) >= 11 is 6.43. The Morgan fingerprint density at radius 3 is 2.55 bits per heavy atom. The first-order valence-corrected chi connectivity index (χ1v) is 16.5. The van der Waals surface area contributed by atoms with Gasteiger partial charge < -0.3 is 20.1 Å². The molecule has 1 amide bonds. The molecule has 15 heteroatoms. The third kappa shape index (κ3) is 8.62. The van der Waals surface area contributed by atoms with E-state index in [9.17, 15) is 23.3 Å². The maximum absolute atomic E-state index is 13.9. The van der Waals surface area contributed by atoms with Gasteiger partial charge in [-0.25, -0.2) is 9.48 Å². The first kappa shape index (κ1) is 33.5. The standard InChI is InChI=1S/C29H40ClN7O6S/c1-29(2,3)43-28(39)32-12-15-36(23-8-6-21(17-31)7-9-23)44(40,41)35-13-10-24(11-14-35)37-27(38)26(30)25(19-34-37)33-18-22-5-4-16-42-20-22/h6-9,19,22,24,33H,4-5,10-16,18,20H2,1-3H3,(H,32,39)/t22-/m0/s1. The molecule has 2 fully saturated rings. The second-order valence-electron chi connectivity index (χ2n) is 11.9. The van der Waals surface area contributed by atoms with Crippen molar-refractivity contribution in [2.75, 3.05) is 55.6 Å². The summed E-state index contributed by atoms with van der Waals surface area (Å²) in [6.45, 7) is 7.50. The van der Waals surface area contributed by atoms with Gasteiger partial charge in [0, 0.05) is 32.8 Å². The zero-order chi connectivity index (χ0) is 31.9. The number of benzene rings is 1. The van der Waals surface area contributed by atoms with Crippen LogP contribution in [-0.2, 0) is 19.7 Å². The summed E-state index contributed by atoms with van der Waals surface area (Å²) < 4.78 is 42.4. The van der Waals surface area contributed by atoms with Crippen LogP contribution in [-0.4, -0.2) is 80.1 Å². The largest absolute Gasteiger partial charge is 0.444 e. The average molecular weight is 650 g/mol. The Morgan fingerprint density at radius 2 is 1.93 bits per heavy atom. The first-order valence-electron chi connectivity index (χ1n) is 14.7. The number of carbonyl (C=O) groups is 1. The molecule has 4 rings (SSSR count). The third-order valence-corrected chi connectivity index (χ3v) is 9.75. The molecule has 3 heterocycles. The predicted molar refractivity (Wildman–Crippen MR) is 167 cm³/mol.